The van der Waals surface area contributed by atoms with Crippen molar-refractivity contribution < 1.29 is 13.2 Å². The molecule has 8 heteroatoms. The molecule has 2 aromatic heterocycles. The van der Waals surface area contributed by atoms with E-state index in [0.717, 1.165) is 16.5 Å². The third-order valence-electron chi connectivity index (χ3n) is 4.69. The van der Waals surface area contributed by atoms with Crippen molar-refractivity contribution in [3.63, 3.8) is 0 Å². The van der Waals surface area contributed by atoms with Crippen LogP contribution in [0.1, 0.15) is 42.8 Å². The van der Waals surface area contributed by atoms with Gasteiger partial charge < -0.3 is 5.32 Å². The van der Waals surface area contributed by atoms with E-state index in [0.29, 0.717) is 17.8 Å². The Hall–Kier alpha value is -2.64. The van der Waals surface area contributed by atoms with Gasteiger partial charge in [-0.05, 0) is 48.1 Å². The molecule has 1 aromatic carbocycles. The number of hydrogen-bond acceptors (Lipinski definition) is 4. The Balaban J connectivity index is 1.71. The second-order valence-corrected chi connectivity index (χ2v) is 6.29. The zero-order chi connectivity index (χ0) is 17.6. The maximum Gasteiger partial charge on any atom is 0.299 e. The number of halogens is 3. The lowest BCUT2D eigenvalue weighted by molar-refractivity contribution is 0.137. The first-order valence-corrected chi connectivity index (χ1v) is 8.09. The van der Waals surface area contributed by atoms with Gasteiger partial charge in [-0.1, -0.05) is 19.1 Å². The molecule has 5 nitrogen and oxygen atoms in total. The lowest BCUT2D eigenvalue weighted by atomic mass is 9.80. The average Bonchev–Trinajstić information content (AvgIpc) is 3.01. The monoisotopic (exact) mass is 347 g/mol. The smallest absolute Gasteiger partial charge is 0.299 e. The molecule has 0 saturated heterocycles. The van der Waals surface area contributed by atoms with Crippen LogP contribution in [-0.2, 0) is 6.42 Å². The fraction of sp³-hybridized carbons (Fsp3) is 0.353. The Bertz CT molecular complexity index is 924. The van der Waals surface area contributed by atoms with E-state index in [9.17, 15) is 13.2 Å². The zero-order valence-electron chi connectivity index (χ0n) is 13.5. The highest BCUT2D eigenvalue weighted by atomic mass is 19.3. The fourth-order valence-corrected chi connectivity index (χ4v) is 3.37. The summed E-state index contributed by atoms with van der Waals surface area (Å²) in [6.45, 7) is 2.08. The van der Waals surface area contributed by atoms with Gasteiger partial charge in [-0.3, -0.25) is 0 Å². The first-order valence-electron chi connectivity index (χ1n) is 8.09. The molecule has 1 aliphatic rings. The molecule has 2 heterocycles. The van der Waals surface area contributed by atoms with E-state index >= 15 is 0 Å². The molecular formula is C17H16F3N5. The molecule has 1 N–H and O–H groups in total. The highest BCUT2D eigenvalue weighted by molar-refractivity contribution is 5.47. The lowest BCUT2D eigenvalue weighted by Gasteiger charge is -2.32. The minimum absolute atomic E-state index is 0.143. The van der Waals surface area contributed by atoms with Crippen molar-refractivity contribution in [1.82, 2.24) is 19.8 Å². The molecule has 1 aliphatic carbocycles. The summed E-state index contributed by atoms with van der Waals surface area (Å²) in [5.74, 6) is -0.0364. The van der Waals surface area contributed by atoms with Crippen LogP contribution in [0, 0.1) is 11.7 Å². The summed E-state index contributed by atoms with van der Waals surface area (Å²) in [6.07, 6.45) is -1.24. The maximum atomic E-state index is 14.1. The summed E-state index contributed by atoms with van der Waals surface area (Å²) in [4.78, 5) is 0. The topological polar surface area (TPSA) is 55.1 Å². The van der Waals surface area contributed by atoms with Crippen LogP contribution < -0.4 is 5.32 Å². The highest BCUT2D eigenvalue weighted by Gasteiger charge is 2.28. The normalized spacial score (nSPS) is 20.0. The van der Waals surface area contributed by atoms with Crippen molar-refractivity contribution in [2.45, 2.75) is 32.2 Å². The third-order valence-corrected chi connectivity index (χ3v) is 4.69. The summed E-state index contributed by atoms with van der Waals surface area (Å²) in [5.41, 5.74) is 1.85. The van der Waals surface area contributed by atoms with Crippen LogP contribution in [0.25, 0.3) is 5.65 Å². The van der Waals surface area contributed by atoms with Crippen LogP contribution in [0.2, 0.25) is 0 Å². The molecule has 130 valence electrons. The van der Waals surface area contributed by atoms with E-state index < -0.39 is 12.2 Å². The third kappa shape index (κ3) is 2.71. The summed E-state index contributed by atoms with van der Waals surface area (Å²) in [5, 5.41) is 14.6. The standard InChI is InChI=1S/C17H16F3N5/c1-9-5-6-10-11(3-2-4-12(10)18)15(9)21-13-7-8-14-22-23-17(16(19)20)25(14)24-13/h2-4,7-9,15-16H,5-6H2,1H3,(H,21,24). The summed E-state index contributed by atoms with van der Waals surface area (Å²) in [6, 6.07) is 8.14. The van der Waals surface area contributed by atoms with Crippen molar-refractivity contribution in [2.24, 2.45) is 5.92 Å². The first-order chi connectivity index (χ1) is 12.0. The Morgan fingerprint density at radius 3 is 2.84 bits per heavy atom. The van der Waals surface area contributed by atoms with Gasteiger partial charge in [0, 0.05) is 0 Å². The van der Waals surface area contributed by atoms with Crippen molar-refractivity contribution in [3.8, 4) is 0 Å². The van der Waals surface area contributed by atoms with Gasteiger partial charge in [0.25, 0.3) is 6.43 Å². The number of aromatic nitrogens is 4. The van der Waals surface area contributed by atoms with Gasteiger partial charge in [0.1, 0.15) is 11.6 Å². The predicted molar refractivity (Wildman–Crippen MR) is 86.0 cm³/mol. The van der Waals surface area contributed by atoms with Crippen LogP contribution in [-0.4, -0.2) is 19.8 Å². The minimum Gasteiger partial charge on any atom is -0.362 e. The molecule has 0 fully saturated rings. The van der Waals surface area contributed by atoms with Gasteiger partial charge in [-0.15, -0.1) is 15.3 Å². The fourth-order valence-electron chi connectivity index (χ4n) is 3.37. The number of nitrogens with zero attached hydrogens (tertiary/aromatic N) is 4. The van der Waals surface area contributed by atoms with Gasteiger partial charge in [0.05, 0.1) is 6.04 Å². The number of nitrogens with one attached hydrogen (secondary N) is 1. The second kappa shape index (κ2) is 6.02. The number of rotatable bonds is 3. The van der Waals surface area contributed by atoms with Crippen LogP contribution in [0.3, 0.4) is 0 Å². The molecule has 0 amide bonds. The van der Waals surface area contributed by atoms with Gasteiger partial charge in [-0.2, -0.15) is 4.52 Å². The van der Waals surface area contributed by atoms with Gasteiger partial charge in [0.15, 0.2) is 5.65 Å². The molecular weight excluding hydrogens is 331 g/mol. The number of alkyl halides is 2. The predicted octanol–water partition coefficient (Wildman–Crippen LogP) is 3.94. The van der Waals surface area contributed by atoms with Crippen LogP contribution in [0.15, 0.2) is 30.3 Å². The molecule has 2 unspecified atom stereocenters. The number of anilines is 1. The van der Waals surface area contributed by atoms with Crippen molar-refractivity contribution in [3.05, 3.63) is 53.1 Å². The van der Waals surface area contributed by atoms with Gasteiger partial charge in [-0.25, -0.2) is 13.2 Å². The SMILES string of the molecule is CC1CCc2c(F)cccc2C1Nc1ccc2nnc(C(F)F)n2n1. The van der Waals surface area contributed by atoms with E-state index in [2.05, 4.69) is 27.5 Å². The minimum atomic E-state index is -2.76. The first kappa shape index (κ1) is 15.9. The highest BCUT2D eigenvalue weighted by Crippen LogP contribution is 2.37. The van der Waals surface area contributed by atoms with Crippen molar-refractivity contribution in [2.75, 3.05) is 5.32 Å². The van der Waals surface area contributed by atoms with E-state index in [-0.39, 0.29) is 23.4 Å². The van der Waals surface area contributed by atoms with E-state index in [1.54, 1.807) is 18.2 Å². The summed E-state index contributed by atoms with van der Waals surface area (Å²) >= 11 is 0. The van der Waals surface area contributed by atoms with E-state index in [1.807, 2.05) is 6.07 Å². The van der Waals surface area contributed by atoms with Crippen LogP contribution >= 0.6 is 0 Å². The largest absolute Gasteiger partial charge is 0.362 e. The quantitative estimate of drug-likeness (QED) is 0.780. The molecule has 4 rings (SSSR count). The number of hydrogen-bond donors (Lipinski definition) is 1. The maximum absolute atomic E-state index is 14.1. The molecule has 0 bridgehead atoms. The van der Waals surface area contributed by atoms with Gasteiger partial charge in [0.2, 0.25) is 5.82 Å². The van der Waals surface area contributed by atoms with Gasteiger partial charge >= 0.3 is 0 Å². The lowest BCUT2D eigenvalue weighted by Crippen LogP contribution is -2.26. The molecule has 2 atom stereocenters. The number of benzene rings is 1. The average molecular weight is 347 g/mol. The Morgan fingerprint density at radius 1 is 1.20 bits per heavy atom. The molecule has 0 radical (unpaired) electrons. The molecule has 0 saturated carbocycles. The van der Waals surface area contributed by atoms with Crippen LogP contribution in [0.4, 0.5) is 19.0 Å². The zero-order valence-corrected chi connectivity index (χ0v) is 13.5. The summed E-state index contributed by atoms with van der Waals surface area (Å²) < 4.78 is 41.1. The van der Waals surface area contributed by atoms with E-state index in [4.69, 9.17) is 0 Å². The Labute approximate surface area is 141 Å². The molecule has 3 aromatic rings. The van der Waals surface area contributed by atoms with E-state index in [1.165, 1.54) is 6.07 Å². The molecule has 0 aliphatic heterocycles. The van der Waals surface area contributed by atoms with Crippen LogP contribution in [0.5, 0.6) is 0 Å². The summed E-state index contributed by atoms with van der Waals surface area (Å²) in [7, 11) is 0. The van der Waals surface area contributed by atoms with Crippen molar-refractivity contribution in [1.29, 1.82) is 0 Å². The Kier molecular flexibility index (Phi) is 3.82. The number of fused-ring (bicyclic) bond motifs is 2. The molecule has 0 spiro atoms. The molecule has 25 heavy (non-hydrogen) atoms. The van der Waals surface area contributed by atoms with Crippen molar-refractivity contribution >= 4 is 11.5 Å². The Morgan fingerprint density at radius 2 is 2.04 bits per heavy atom. The second-order valence-electron chi connectivity index (χ2n) is 6.29.